The molecule has 0 saturated heterocycles. The molecular weight excluding hydrogens is 200 g/mol. The third-order valence-electron chi connectivity index (χ3n) is 1.98. The Kier molecular flexibility index (Phi) is 4.04. The van der Waals surface area contributed by atoms with Gasteiger partial charge < -0.3 is 4.74 Å². The molecule has 1 unspecified atom stereocenters. The molecule has 0 aliphatic heterocycles. The summed E-state index contributed by atoms with van der Waals surface area (Å²) in [7, 11) is 0. The second kappa shape index (κ2) is 5.30. The van der Waals surface area contributed by atoms with Crippen LogP contribution >= 0.6 is 0 Å². The molecule has 1 rings (SSSR count). The van der Waals surface area contributed by atoms with Gasteiger partial charge in [0.05, 0.1) is 12.5 Å². The predicted octanol–water partition coefficient (Wildman–Crippen LogP) is 3.04. The Hall–Kier alpha value is -1.63. The van der Waals surface area contributed by atoms with Crippen LogP contribution in [0, 0.1) is 23.0 Å². The van der Waals surface area contributed by atoms with Crippen LogP contribution < -0.4 is 4.74 Å². The summed E-state index contributed by atoms with van der Waals surface area (Å²) >= 11 is 0. The van der Waals surface area contributed by atoms with Crippen LogP contribution in [0.3, 0.4) is 0 Å². The third kappa shape index (κ3) is 2.91. The minimum absolute atomic E-state index is 0.142. The van der Waals surface area contributed by atoms with Crippen LogP contribution in [-0.2, 0) is 0 Å². The first kappa shape index (κ1) is 11.4. The van der Waals surface area contributed by atoms with Crippen LogP contribution in [0.2, 0.25) is 0 Å². The molecule has 1 aromatic carbocycles. The van der Waals surface area contributed by atoms with Crippen molar-refractivity contribution in [3.63, 3.8) is 0 Å². The van der Waals surface area contributed by atoms with E-state index in [-0.39, 0.29) is 12.2 Å². The van der Waals surface area contributed by atoms with Gasteiger partial charge in [0.15, 0.2) is 11.6 Å². The van der Waals surface area contributed by atoms with Crippen LogP contribution in [0.4, 0.5) is 8.78 Å². The Labute approximate surface area is 87.1 Å². The van der Waals surface area contributed by atoms with Crippen molar-refractivity contribution >= 4 is 0 Å². The summed E-state index contributed by atoms with van der Waals surface area (Å²) < 4.78 is 31.1. The Bertz CT molecular complexity index is 373. The summed E-state index contributed by atoms with van der Waals surface area (Å²) in [4.78, 5) is 0. The van der Waals surface area contributed by atoms with E-state index in [1.165, 1.54) is 12.1 Å². The van der Waals surface area contributed by atoms with Gasteiger partial charge in [-0.05, 0) is 18.6 Å². The van der Waals surface area contributed by atoms with Gasteiger partial charge in [0.25, 0.3) is 0 Å². The molecular formula is C11H11F2NO. The highest BCUT2D eigenvalue weighted by Crippen LogP contribution is 2.21. The highest BCUT2D eigenvalue weighted by atomic mass is 19.2. The van der Waals surface area contributed by atoms with Gasteiger partial charge >= 0.3 is 0 Å². The highest BCUT2D eigenvalue weighted by Gasteiger charge is 2.13. The van der Waals surface area contributed by atoms with Gasteiger partial charge in [0, 0.05) is 0 Å². The van der Waals surface area contributed by atoms with Crippen LogP contribution in [0.25, 0.3) is 0 Å². The Morgan fingerprint density at radius 2 is 2.20 bits per heavy atom. The minimum Gasteiger partial charge on any atom is -0.486 e. The van der Waals surface area contributed by atoms with Crippen molar-refractivity contribution in [1.29, 1.82) is 5.26 Å². The zero-order chi connectivity index (χ0) is 11.3. The van der Waals surface area contributed by atoms with E-state index < -0.39 is 17.7 Å². The van der Waals surface area contributed by atoms with Crippen molar-refractivity contribution in [2.75, 3.05) is 0 Å². The Balaban J connectivity index is 2.80. The van der Waals surface area contributed by atoms with E-state index in [0.717, 1.165) is 6.07 Å². The number of nitriles is 1. The molecule has 0 aliphatic carbocycles. The molecule has 1 atom stereocenters. The standard InChI is InChI=1S/C11H11F2NO/c1-2-8(6-7-14)15-10-5-3-4-9(12)11(10)13/h3-5,8H,2,6H2,1H3. The zero-order valence-electron chi connectivity index (χ0n) is 8.34. The van der Waals surface area contributed by atoms with Crippen molar-refractivity contribution in [3.05, 3.63) is 29.8 Å². The number of nitrogens with zero attached hydrogens (tertiary/aromatic N) is 1. The smallest absolute Gasteiger partial charge is 0.200 e. The van der Waals surface area contributed by atoms with E-state index in [2.05, 4.69) is 0 Å². The summed E-state index contributed by atoms with van der Waals surface area (Å²) in [6, 6.07) is 5.67. The van der Waals surface area contributed by atoms with Crippen molar-refractivity contribution < 1.29 is 13.5 Å². The van der Waals surface area contributed by atoms with E-state index in [4.69, 9.17) is 10.00 Å². The maximum Gasteiger partial charge on any atom is 0.200 e. The van der Waals surface area contributed by atoms with E-state index >= 15 is 0 Å². The number of rotatable bonds is 4. The predicted molar refractivity (Wildman–Crippen MR) is 51.3 cm³/mol. The fourth-order valence-corrected chi connectivity index (χ4v) is 1.13. The van der Waals surface area contributed by atoms with Gasteiger partial charge in [-0.1, -0.05) is 13.0 Å². The largest absolute Gasteiger partial charge is 0.486 e. The molecule has 0 bridgehead atoms. The molecule has 0 radical (unpaired) electrons. The molecule has 0 aromatic heterocycles. The number of ether oxygens (including phenoxy) is 1. The number of benzene rings is 1. The molecule has 0 heterocycles. The molecule has 0 fully saturated rings. The number of halogens is 2. The second-order valence-corrected chi connectivity index (χ2v) is 3.06. The zero-order valence-corrected chi connectivity index (χ0v) is 8.34. The quantitative estimate of drug-likeness (QED) is 0.766. The lowest BCUT2D eigenvalue weighted by molar-refractivity contribution is 0.191. The van der Waals surface area contributed by atoms with Crippen LogP contribution in [0.15, 0.2) is 18.2 Å². The van der Waals surface area contributed by atoms with Crippen molar-refractivity contribution in [2.24, 2.45) is 0 Å². The topological polar surface area (TPSA) is 33.0 Å². The fraction of sp³-hybridized carbons (Fsp3) is 0.364. The minimum atomic E-state index is -1.01. The average Bonchev–Trinajstić information content (AvgIpc) is 2.24. The van der Waals surface area contributed by atoms with E-state index in [0.29, 0.717) is 6.42 Å². The van der Waals surface area contributed by atoms with Crippen molar-refractivity contribution in [1.82, 2.24) is 0 Å². The molecule has 1 aromatic rings. The molecule has 2 nitrogen and oxygen atoms in total. The maximum absolute atomic E-state index is 13.2. The molecule has 0 N–H and O–H groups in total. The molecule has 0 saturated carbocycles. The lowest BCUT2D eigenvalue weighted by Crippen LogP contribution is -2.15. The van der Waals surface area contributed by atoms with Crippen LogP contribution in [-0.4, -0.2) is 6.10 Å². The summed E-state index contributed by atoms with van der Waals surface area (Å²) in [5.74, 6) is -2.09. The molecule has 15 heavy (non-hydrogen) atoms. The molecule has 0 amide bonds. The van der Waals surface area contributed by atoms with Gasteiger partial charge in [-0.3, -0.25) is 0 Å². The Morgan fingerprint density at radius 1 is 1.47 bits per heavy atom. The summed E-state index contributed by atoms with van der Waals surface area (Å²) in [5.41, 5.74) is 0. The molecule has 0 spiro atoms. The van der Waals surface area contributed by atoms with Gasteiger partial charge in [-0.15, -0.1) is 0 Å². The fourth-order valence-electron chi connectivity index (χ4n) is 1.13. The summed E-state index contributed by atoms with van der Waals surface area (Å²) in [6.07, 6.45) is 0.335. The van der Waals surface area contributed by atoms with Crippen molar-refractivity contribution in [3.8, 4) is 11.8 Å². The first-order chi connectivity index (χ1) is 7.19. The lowest BCUT2D eigenvalue weighted by atomic mass is 10.2. The number of hydrogen-bond donors (Lipinski definition) is 0. The second-order valence-electron chi connectivity index (χ2n) is 3.06. The van der Waals surface area contributed by atoms with Gasteiger partial charge in [-0.25, -0.2) is 4.39 Å². The Morgan fingerprint density at radius 3 is 2.80 bits per heavy atom. The molecule has 0 aliphatic rings. The van der Waals surface area contributed by atoms with Gasteiger partial charge in [0.2, 0.25) is 5.82 Å². The van der Waals surface area contributed by atoms with E-state index in [9.17, 15) is 8.78 Å². The molecule has 4 heteroatoms. The first-order valence-corrected chi connectivity index (χ1v) is 4.66. The van der Waals surface area contributed by atoms with Crippen LogP contribution in [0.5, 0.6) is 5.75 Å². The van der Waals surface area contributed by atoms with Gasteiger partial charge in [-0.2, -0.15) is 9.65 Å². The monoisotopic (exact) mass is 211 g/mol. The summed E-state index contributed by atoms with van der Waals surface area (Å²) in [5, 5.41) is 8.47. The maximum atomic E-state index is 13.2. The lowest BCUT2D eigenvalue weighted by Gasteiger charge is -2.14. The van der Waals surface area contributed by atoms with Gasteiger partial charge in [0.1, 0.15) is 6.10 Å². The number of hydrogen-bond acceptors (Lipinski definition) is 2. The van der Waals surface area contributed by atoms with E-state index in [1.807, 2.05) is 13.0 Å². The van der Waals surface area contributed by atoms with Crippen LogP contribution in [0.1, 0.15) is 19.8 Å². The molecule has 80 valence electrons. The normalized spacial score (nSPS) is 11.9. The summed E-state index contributed by atoms with van der Waals surface area (Å²) in [6.45, 7) is 1.82. The average molecular weight is 211 g/mol. The highest BCUT2D eigenvalue weighted by molar-refractivity contribution is 5.25. The van der Waals surface area contributed by atoms with Crippen molar-refractivity contribution in [2.45, 2.75) is 25.9 Å². The first-order valence-electron chi connectivity index (χ1n) is 4.66. The van der Waals surface area contributed by atoms with E-state index in [1.54, 1.807) is 0 Å². The third-order valence-corrected chi connectivity index (χ3v) is 1.98. The SMILES string of the molecule is CCC(CC#N)Oc1cccc(F)c1F.